The van der Waals surface area contributed by atoms with Crippen molar-refractivity contribution in [2.24, 2.45) is 0 Å². The lowest BCUT2D eigenvalue weighted by Gasteiger charge is -2.21. The number of hydrogen-bond donors (Lipinski definition) is 2. The summed E-state index contributed by atoms with van der Waals surface area (Å²) in [7, 11) is 1.61. The van der Waals surface area contributed by atoms with Crippen molar-refractivity contribution in [3.63, 3.8) is 0 Å². The maximum absolute atomic E-state index is 12.7. The molecule has 1 aromatic carbocycles. The molecule has 0 spiro atoms. The largest absolute Gasteiger partial charge is 0.495 e. The summed E-state index contributed by atoms with van der Waals surface area (Å²) in [5, 5.41) is 6.21. The number of nitrogens with zero attached hydrogens (tertiary/aromatic N) is 1. The maximum atomic E-state index is 12.7. The van der Waals surface area contributed by atoms with Crippen molar-refractivity contribution in [2.75, 3.05) is 19.0 Å². The lowest BCUT2D eigenvalue weighted by Crippen LogP contribution is -2.41. The number of pyridine rings is 1. The van der Waals surface area contributed by atoms with Crippen LogP contribution >= 0.6 is 0 Å². The molecule has 0 unspecified atom stereocenters. The molecule has 6 nitrogen and oxygen atoms in total. The fourth-order valence-corrected chi connectivity index (χ4v) is 2.94. The van der Waals surface area contributed by atoms with Crippen LogP contribution in [0.1, 0.15) is 30.1 Å². The molecule has 25 heavy (non-hydrogen) atoms. The van der Waals surface area contributed by atoms with Gasteiger partial charge >= 0.3 is 0 Å². The van der Waals surface area contributed by atoms with Crippen molar-refractivity contribution >= 4 is 17.4 Å². The number of benzene rings is 1. The van der Waals surface area contributed by atoms with E-state index in [1.54, 1.807) is 25.4 Å². The summed E-state index contributed by atoms with van der Waals surface area (Å²) in [5.41, 5.74) is 1.24. The van der Waals surface area contributed by atoms with E-state index in [1.807, 2.05) is 31.2 Å². The second-order valence-corrected chi connectivity index (χ2v) is 6.04. The molecule has 1 fully saturated rings. The van der Waals surface area contributed by atoms with Gasteiger partial charge in [-0.2, -0.15) is 0 Å². The summed E-state index contributed by atoms with van der Waals surface area (Å²) >= 11 is 0. The quantitative estimate of drug-likeness (QED) is 0.844. The summed E-state index contributed by atoms with van der Waals surface area (Å²) in [4.78, 5) is 17.0. The number of carbonyl (C=O) groups is 1. The van der Waals surface area contributed by atoms with E-state index in [1.165, 1.54) is 0 Å². The van der Waals surface area contributed by atoms with Crippen LogP contribution in [0, 0.1) is 0 Å². The molecule has 2 aromatic rings. The predicted molar refractivity (Wildman–Crippen MR) is 96.4 cm³/mol. The molecule has 0 bridgehead atoms. The third kappa shape index (κ3) is 4.09. The molecule has 1 amide bonds. The second kappa shape index (κ2) is 7.98. The van der Waals surface area contributed by atoms with Crippen molar-refractivity contribution in [3.05, 3.63) is 48.2 Å². The topological polar surface area (TPSA) is 72.5 Å². The molecule has 2 N–H and O–H groups in total. The number of ether oxygens (including phenoxy) is 2. The van der Waals surface area contributed by atoms with Crippen molar-refractivity contribution in [3.8, 4) is 5.75 Å². The van der Waals surface area contributed by atoms with E-state index in [2.05, 4.69) is 15.6 Å². The van der Waals surface area contributed by atoms with Crippen LogP contribution in [0.15, 0.2) is 42.6 Å². The number of anilines is 2. The monoisotopic (exact) mass is 341 g/mol. The summed E-state index contributed by atoms with van der Waals surface area (Å²) in [6.07, 6.45) is 3.74. The van der Waals surface area contributed by atoms with E-state index < -0.39 is 0 Å². The van der Waals surface area contributed by atoms with Gasteiger partial charge in [0.1, 0.15) is 11.6 Å². The molecule has 0 radical (unpaired) electrons. The average molecular weight is 341 g/mol. The smallest absolute Gasteiger partial charge is 0.255 e. The van der Waals surface area contributed by atoms with Gasteiger partial charge in [-0.15, -0.1) is 0 Å². The Morgan fingerprint density at radius 3 is 2.92 bits per heavy atom. The summed E-state index contributed by atoms with van der Waals surface area (Å²) in [6.45, 7) is 2.73. The van der Waals surface area contributed by atoms with Gasteiger partial charge in [0.05, 0.1) is 30.5 Å². The van der Waals surface area contributed by atoms with E-state index >= 15 is 0 Å². The van der Waals surface area contributed by atoms with Gasteiger partial charge in [0, 0.05) is 12.8 Å². The first kappa shape index (κ1) is 17.2. The molecule has 2 atom stereocenters. The molecule has 132 valence electrons. The van der Waals surface area contributed by atoms with Crippen molar-refractivity contribution < 1.29 is 14.3 Å². The lowest BCUT2D eigenvalue weighted by molar-refractivity contribution is 0.0712. The number of rotatable bonds is 6. The first-order valence-electron chi connectivity index (χ1n) is 8.46. The third-order valence-corrected chi connectivity index (χ3v) is 4.29. The number of hydrogen-bond acceptors (Lipinski definition) is 5. The zero-order chi connectivity index (χ0) is 17.6. The highest BCUT2D eigenvalue weighted by Crippen LogP contribution is 2.27. The van der Waals surface area contributed by atoms with E-state index in [4.69, 9.17) is 9.47 Å². The predicted octanol–water partition coefficient (Wildman–Crippen LogP) is 3.13. The number of para-hydroxylation sites is 2. The van der Waals surface area contributed by atoms with Crippen LogP contribution < -0.4 is 15.4 Å². The molecule has 2 heterocycles. The minimum atomic E-state index is -0.173. The first-order valence-corrected chi connectivity index (χ1v) is 8.46. The second-order valence-electron chi connectivity index (χ2n) is 6.04. The average Bonchev–Trinajstić information content (AvgIpc) is 3.17. The molecular weight excluding hydrogens is 318 g/mol. The fraction of sp³-hybridized carbons (Fsp3) is 0.368. The minimum absolute atomic E-state index is 0.0469. The number of amides is 1. The third-order valence-electron chi connectivity index (χ3n) is 4.29. The molecule has 6 heteroatoms. The van der Waals surface area contributed by atoms with Gasteiger partial charge in [0.15, 0.2) is 0 Å². The van der Waals surface area contributed by atoms with E-state index in [-0.39, 0.29) is 18.1 Å². The van der Waals surface area contributed by atoms with Crippen LogP contribution in [-0.2, 0) is 4.74 Å². The zero-order valence-corrected chi connectivity index (χ0v) is 14.5. The van der Waals surface area contributed by atoms with Crippen molar-refractivity contribution in [1.29, 1.82) is 0 Å². The van der Waals surface area contributed by atoms with Gasteiger partial charge in [0.25, 0.3) is 5.91 Å². The molecule has 0 aliphatic carbocycles. The van der Waals surface area contributed by atoms with Crippen LogP contribution in [0.3, 0.4) is 0 Å². The van der Waals surface area contributed by atoms with Gasteiger partial charge in [-0.05, 0) is 44.0 Å². The van der Waals surface area contributed by atoms with E-state index in [9.17, 15) is 4.79 Å². The van der Waals surface area contributed by atoms with Crippen LogP contribution in [0.25, 0.3) is 0 Å². The van der Waals surface area contributed by atoms with Crippen LogP contribution in [-0.4, -0.2) is 36.8 Å². The van der Waals surface area contributed by atoms with Crippen molar-refractivity contribution in [1.82, 2.24) is 10.3 Å². The Balaban J connectivity index is 1.77. The molecule has 1 aliphatic heterocycles. The summed E-state index contributed by atoms with van der Waals surface area (Å²) in [6, 6.07) is 11.0. The SMILES string of the molecule is COc1ccccc1Nc1ncccc1C(=O)N[C@@H](C)[C@@H]1CCCO1. The van der Waals surface area contributed by atoms with E-state index in [0.717, 1.165) is 25.1 Å². The minimum Gasteiger partial charge on any atom is -0.495 e. The lowest BCUT2D eigenvalue weighted by atomic mass is 10.1. The standard InChI is InChI=1S/C19H23N3O3/c1-13(16-10-6-12-25-16)21-19(23)14-7-5-11-20-18(14)22-15-8-3-4-9-17(15)24-2/h3-5,7-9,11,13,16H,6,10,12H2,1-2H3,(H,20,22)(H,21,23)/t13-,16-/m0/s1. The maximum Gasteiger partial charge on any atom is 0.255 e. The van der Waals surface area contributed by atoms with Gasteiger partial charge in [-0.25, -0.2) is 4.98 Å². The normalized spacial score (nSPS) is 17.8. The molecule has 1 aromatic heterocycles. The van der Waals surface area contributed by atoms with Crippen LogP contribution in [0.5, 0.6) is 5.75 Å². The summed E-state index contributed by atoms with van der Waals surface area (Å²) in [5.74, 6) is 1.00. The molecule has 0 saturated carbocycles. The zero-order valence-electron chi connectivity index (χ0n) is 14.5. The fourth-order valence-electron chi connectivity index (χ4n) is 2.94. The van der Waals surface area contributed by atoms with Gasteiger partial charge in [-0.1, -0.05) is 12.1 Å². The highest BCUT2D eigenvalue weighted by Gasteiger charge is 2.25. The number of nitrogens with one attached hydrogen (secondary N) is 2. The Morgan fingerprint density at radius 2 is 2.16 bits per heavy atom. The number of methoxy groups -OCH3 is 1. The van der Waals surface area contributed by atoms with Gasteiger partial charge in [0.2, 0.25) is 0 Å². The van der Waals surface area contributed by atoms with E-state index in [0.29, 0.717) is 17.1 Å². The van der Waals surface area contributed by atoms with Crippen LogP contribution in [0.2, 0.25) is 0 Å². The highest BCUT2D eigenvalue weighted by atomic mass is 16.5. The van der Waals surface area contributed by atoms with Gasteiger partial charge in [-0.3, -0.25) is 4.79 Å². The highest BCUT2D eigenvalue weighted by molar-refractivity contribution is 5.99. The molecule has 1 saturated heterocycles. The van der Waals surface area contributed by atoms with Crippen LogP contribution in [0.4, 0.5) is 11.5 Å². The first-order chi connectivity index (χ1) is 12.2. The van der Waals surface area contributed by atoms with Crippen molar-refractivity contribution in [2.45, 2.75) is 31.9 Å². The Bertz CT molecular complexity index is 729. The number of carbonyl (C=O) groups excluding carboxylic acids is 1. The molecular formula is C19H23N3O3. The Hall–Kier alpha value is -2.60. The Morgan fingerprint density at radius 1 is 1.32 bits per heavy atom. The van der Waals surface area contributed by atoms with Gasteiger partial charge < -0.3 is 20.1 Å². The molecule has 1 aliphatic rings. The summed E-state index contributed by atoms with van der Waals surface area (Å²) < 4.78 is 11.0. The number of aromatic nitrogens is 1. The Labute approximate surface area is 147 Å². The molecule has 3 rings (SSSR count). The Kier molecular flexibility index (Phi) is 5.50.